The fourth-order valence-corrected chi connectivity index (χ4v) is 4.76. The van der Waals surface area contributed by atoms with Gasteiger partial charge in [0.2, 0.25) is 0 Å². The lowest BCUT2D eigenvalue weighted by atomic mass is 9.94. The molecule has 2 aromatic carbocycles. The molecule has 0 radical (unpaired) electrons. The van der Waals surface area contributed by atoms with Gasteiger partial charge < -0.3 is 0 Å². The molecule has 5 nitrogen and oxygen atoms in total. The van der Waals surface area contributed by atoms with E-state index in [4.69, 9.17) is 0 Å². The van der Waals surface area contributed by atoms with Gasteiger partial charge in [-0.25, -0.2) is 4.39 Å². The number of aliphatic imine (C=N–C) groups is 1. The monoisotopic (exact) mass is 492 g/mol. The Balaban J connectivity index is 1.33. The Hall–Kier alpha value is -4.19. The largest absolute Gasteiger partial charge is 0.292 e. The molecule has 186 valence electrons. The van der Waals surface area contributed by atoms with Gasteiger partial charge >= 0.3 is 0 Å². The number of nitrogens with zero attached hydrogens (tertiary/aromatic N) is 4. The predicted molar refractivity (Wildman–Crippen MR) is 145 cm³/mol. The lowest BCUT2D eigenvalue weighted by Gasteiger charge is -2.12. The molecule has 0 bridgehead atoms. The standard InChI is InChI=1S/C31H29FN4O/c1-4-36-30(14-21(3)35-36)31(37)18-23-17-24(28(32)13-20(23)2)15-22-8-10-27-25(16-22)19-34-29(27)11-9-26-7-5-6-12-33-26/h5-14,16-17H,4,15,18-19H2,1-3H3/b11-9+. The number of carbonyl (C=O) groups excluding carboxylic acids is 1. The maximum absolute atomic E-state index is 15.0. The van der Waals surface area contributed by atoms with Crippen LogP contribution < -0.4 is 0 Å². The molecule has 2 aromatic heterocycles. The summed E-state index contributed by atoms with van der Waals surface area (Å²) in [7, 11) is 0. The van der Waals surface area contributed by atoms with Gasteiger partial charge in [0.25, 0.3) is 0 Å². The van der Waals surface area contributed by atoms with Crippen LogP contribution in [0.2, 0.25) is 0 Å². The van der Waals surface area contributed by atoms with E-state index in [0.29, 0.717) is 30.8 Å². The number of hydrogen-bond donors (Lipinski definition) is 0. The number of benzene rings is 2. The molecular formula is C31H29FN4O. The highest BCUT2D eigenvalue weighted by atomic mass is 19.1. The lowest BCUT2D eigenvalue weighted by Crippen LogP contribution is -2.13. The normalized spacial score (nSPS) is 12.7. The molecule has 0 amide bonds. The fraction of sp³-hybridized carbons (Fsp3) is 0.226. The minimum Gasteiger partial charge on any atom is -0.292 e. The summed E-state index contributed by atoms with van der Waals surface area (Å²) in [6.45, 7) is 6.93. The molecule has 1 aliphatic rings. The lowest BCUT2D eigenvalue weighted by molar-refractivity contribution is 0.0982. The molecule has 0 saturated carbocycles. The van der Waals surface area contributed by atoms with Crippen molar-refractivity contribution in [2.75, 3.05) is 0 Å². The molecule has 0 aliphatic carbocycles. The zero-order valence-corrected chi connectivity index (χ0v) is 21.3. The van der Waals surface area contributed by atoms with Crippen LogP contribution in [0.5, 0.6) is 0 Å². The molecule has 0 fully saturated rings. The second-order valence-electron chi connectivity index (χ2n) is 9.41. The molecule has 4 aromatic rings. The number of aromatic nitrogens is 3. The summed E-state index contributed by atoms with van der Waals surface area (Å²) in [5, 5.41) is 4.38. The number of Topliss-reactive ketones (excluding diaryl/α,β-unsaturated/α-hetero) is 1. The van der Waals surface area contributed by atoms with E-state index in [0.717, 1.165) is 44.9 Å². The van der Waals surface area contributed by atoms with Crippen LogP contribution in [0.25, 0.3) is 6.08 Å². The number of hydrogen-bond acceptors (Lipinski definition) is 4. The first-order chi connectivity index (χ1) is 17.9. The van der Waals surface area contributed by atoms with Crippen molar-refractivity contribution in [2.24, 2.45) is 4.99 Å². The van der Waals surface area contributed by atoms with Crippen LogP contribution >= 0.6 is 0 Å². The van der Waals surface area contributed by atoms with Crippen LogP contribution in [-0.2, 0) is 25.9 Å². The highest BCUT2D eigenvalue weighted by Crippen LogP contribution is 2.25. The van der Waals surface area contributed by atoms with Gasteiger partial charge in [0.15, 0.2) is 5.78 Å². The topological polar surface area (TPSA) is 60.1 Å². The minimum atomic E-state index is -0.251. The molecule has 1 aliphatic heterocycles. The first-order valence-corrected chi connectivity index (χ1v) is 12.5. The molecule has 37 heavy (non-hydrogen) atoms. The quantitative estimate of drug-likeness (QED) is 0.280. The molecule has 0 atom stereocenters. The number of halogens is 1. The molecule has 0 unspecified atom stereocenters. The predicted octanol–water partition coefficient (Wildman–Crippen LogP) is 6.09. The zero-order chi connectivity index (χ0) is 25.9. The summed E-state index contributed by atoms with van der Waals surface area (Å²) < 4.78 is 16.7. The van der Waals surface area contributed by atoms with Crippen molar-refractivity contribution < 1.29 is 9.18 Å². The van der Waals surface area contributed by atoms with E-state index in [1.807, 2.05) is 69.3 Å². The summed E-state index contributed by atoms with van der Waals surface area (Å²) in [4.78, 5) is 22.0. The average Bonchev–Trinajstić information content (AvgIpc) is 3.48. The summed E-state index contributed by atoms with van der Waals surface area (Å²) in [6.07, 6.45) is 6.38. The number of pyridine rings is 1. The number of aryl methyl sites for hydroxylation is 3. The molecule has 0 N–H and O–H groups in total. The Morgan fingerprint density at radius 2 is 1.92 bits per heavy atom. The van der Waals surface area contributed by atoms with Gasteiger partial charge in [-0.05, 0) is 85.0 Å². The highest BCUT2D eigenvalue weighted by Gasteiger charge is 2.18. The zero-order valence-electron chi connectivity index (χ0n) is 21.3. The Morgan fingerprint density at radius 1 is 1.05 bits per heavy atom. The van der Waals surface area contributed by atoms with Crippen LogP contribution in [0.4, 0.5) is 4.39 Å². The highest BCUT2D eigenvalue weighted by molar-refractivity contribution is 6.13. The third-order valence-corrected chi connectivity index (χ3v) is 6.70. The summed E-state index contributed by atoms with van der Waals surface area (Å²) in [6, 6.07) is 17.2. The maximum Gasteiger partial charge on any atom is 0.185 e. The van der Waals surface area contributed by atoms with Crippen molar-refractivity contribution in [3.63, 3.8) is 0 Å². The molecule has 6 heteroatoms. The Morgan fingerprint density at radius 3 is 2.70 bits per heavy atom. The van der Waals surface area contributed by atoms with Gasteiger partial charge in [-0.1, -0.05) is 30.3 Å². The molecule has 3 heterocycles. The van der Waals surface area contributed by atoms with Crippen molar-refractivity contribution >= 4 is 17.6 Å². The maximum atomic E-state index is 15.0. The van der Waals surface area contributed by atoms with E-state index in [9.17, 15) is 9.18 Å². The van der Waals surface area contributed by atoms with E-state index in [1.165, 1.54) is 6.07 Å². The van der Waals surface area contributed by atoms with E-state index in [-0.39, 0.29) is 18.0 Å². The molecular weight excluding hydrogens is 463 g/mol. The third kappa shape index (κ3) is 5.33. The second kappa shape index (κ2) is 10.4. The van der Waals surface area contributed by atoms with Gasteiger partial charge in [0.05, 0.1) is 23.6 Å². The van der Waals surface area contributed by atoms with Gasteiger partial charge in [-0.15, -0.1) is 0 Å². The van der Waals surface area contributed by atoms with E-state index in [1.54, 1.807) is 10.9 Å². The van der Waals surface area contributed by atoms with Crippen LogP contribution in [-0.4, -0.2) is 26.3 Å². The minimum absolute atomic E-state index is 0.0101. The van der Waals surface area contributed by atoms with Crippen molar-refractivity contribution in [3.8, 4) is 0 Å². The molecule has 0 saturated heterocycles. The fourth-order valence-electron chi connectivity index (χ4n) is 4.76. The number of allylic oxidation sites excluding steroid dienone is 1. The summed E-state index contributed by atoms with van der Waals surface area (Å²) in [5.74, 6) is -0.261. The van der Waals surface area contributed by atoms with E-state index in [2.05, 4.69) is 27.2 Å². The van der Waals surface area contributed by atoms with Gasteiger partial charge in [0.1, 0.15) is 11.5 Å². The Bertz CT molecular complexity index is 1530. The van der Waals surface area contributed by atoms with E-state index < -0.39 is 0 Å². The Kier molecular flexibility index (Phi) is 6.91. The first kappa shape index (κ1) is 24.5. The molecule has 0 spiro atoms. The van der Waals surface area contributed by atoms with Gasteiger partial charge in [0, 0.05) is 31.1 Å². The average molecular weight is 493 g/mol. The molecule has 5 rings (SSSR count). The Labute approximate surface area is 216 Å². The summed E-state index contributed by atoms with van der Waals surface area (Å²) in [5.41, 5.74) is 8.67. The van der Waals surface area contributed by atoms with Gasteiger partial charge in [-0.3, -0.25) is 19.5 Å². The van der Waals surface area contributed by atoms with Crippen LogP contribution in [0, 0.1) is 19.7 Å². The van der Waals surface area contributed by atoms with Gasteiger partial charge in [-0.2, -0.15) is 5.10 Å². The van der Waals surface area contributed by atoms with Crippen LogP contribution in [0.1, 0.15) is 62.2 Å². The SMILES string of the molecule is CCn1nc(C)cc1C(=O)Cc1cc(Cc2ccc3c(c2)CN=C3/C=C/c2ccccn2)c(F)cc1C. The number of fused-ring (bicyclic) bond motifs is 1. The number of rotatable bonds is 8. The third-order valence-electron chi connectivity index (χ3n) is 6.70. The summed E-state index contributed by atoms with van der Waals surface area (Å²) >= 11 is 0. The van der Waals surface area contributed by atoms with Crippen molar-refractivity contribution in [1.29, 1.82) is 0 Å². The first-order valence-electron chi connectivity index (χ1n) is 12.5. The van der Waals surface area contributed by atoms with Crippen molar-refractivity contribution in [3.05, 3.63) is 123 Å². The van der Waals surface area contributed by atoms with Crippen LogP contribution in [0.15, 0.2) is 71.9 Å². The number of carbonyl (C=O) groups is 1. The van der Waals surface area contributed by atoms with E-state index >= 15 is 0 Å². The van der Waals surface area contributed by atoms with Crippen molar-refractivity contribution in [2.45, 2.75) is 46.7 Å². The number of ketones is 1. The second-order valence-corrected chi connectivity index (χ2v) is 9.41. The van der Waals surface area contributed by atoms with Crippen LogP contribution in [0.3, 0.4) is 0 Å². The van der Waals surface area contributed by atoms with Crippen molar-refractivity contribution in [1.82, 2.24) is 14.8 Å². The smallest absolute Gasteiger partial charge is 0.185 e.